The SMILES string of the molecule is COC(=O)CCNC(=O)c1cc2nccc(Oc3ccc(NC(=O)Nc4cc(CN)ccc4F)c(F)c3)c2s1. The number of pyridine rings is 1. The number of urea groups is 1. The van der Waals surface area contributed by atoms with Crippen LogP contribution in [0.25, 0.3) is 10.2 Å². The number of rotatable bonds is 9. The summed E-state index contributed by atoms with van der Waals surface area (Å²) in [5.41, 5.74) is 6.40. The van der Waals surface area contributed by atoms with Crippen LogP contribution in [-0.4, -0.2) is 36.5 Å². The fraction of sp³-hybridized carbons (Fsp3) is 0.154. The molecule has 13 heteroatoms. The molecule has 5 N–H and O–H groups in total. The minimum Gasteiger partial charge on any atom is -0.469 e. The van der Waals surface area contributed by atoms with Crippen LogP contribution in [0.3, 0.4) is 0 Å². The lowest BCUT2D eigenvalue weighted by Gasteiger charge is -2.12. The molecule has 0 spiro atoms. The number of carbonyl (C=O) groups is 3. The first-order chi connectivity index (χ1) is 18.8. The molecule has 0 aliphatic heterocycles. The summed E-state index contributed by atoms with van der Waals surface area (Å²) in [6.07, 6.45) is 1.52. The number of methoxy groups -OCH3 is 1. The van der Waals surface area contributed by atoms with Crippen molar-refractivity contribution in [3.05, 3.63) is 76.8 Å². The van der Waals surface area contributed by atoms with Crippen molar-refractivity contribution in [3.8, 4) is 11.5 Å². The van der Waals surface area contributed by atoms with Gasteiger partial charge in [0, 0.05) is 31.4 Å². The number of amides is 3. The first kappa shape index (κ1) is 27.4. The number of carbonyl (C=O) groups excluding carboxylic acids is 3. The highest BCUT2D eigenvalue weighted by atomic mass is 32.1. The lowest BCUT2D eigenvalue weighted by Crippen LogP contribution is -2.25. The van der Waals surface area contributed by atoms with Crippen LogP contribution in [0, 0.1) is 11.6 Å². The number of benzene rings is 2. The van der Waals surface area contributed by atoms with Gasteiger partial charge < -0.3 is 31.2 Å². The molecule has 4 rings (SSSR count). The molecule has 39 heavy (non-hydrogen) atoms. The van der Waals surface area contributed by atoms with Gasteiger partial charge in [-0.2, -0.15) is 0 Å². The molecule has 0 atom stereocenters. The van der Waals surface area contributed by atoms with Crippen molar-refractivity contribution in [1.82, 2.24) is 10.3 Å². The Labute approximate surface area is 225 Å². The Hall–Kier alpha value is -4.62. The van der Waals surface area contributed by atoms with Gasteiger partial charge in [-0.25, -0.2) is 13.6 Å². The summed E-state index contributed by atoms with van der Waals surface area (Å²) in [6.45, 7) is 0.275. The van der Waals surface area contributed by atoms with E-state index < -0.39 is 23.6 Å². The first-order valence-corrected chi connectivity index (χ1v) is 12.4. The van der Waals surface area contributed by atoms with Crippen LogP contribution in [-0.2, 0) is 16.1 Å². The minimum atomic E-state index is -0.845. The Morgan fingerprint density at radius 2 is 1.79 bits per heavy atom. The largest absolute Gasteiger partial charge is 0.469 e. The number of fused-ring (bicyclic) bond motifs is 1. The van der Waals surface area contributed by atoms with E-state index in [0.717, 1.165) is 17.4 Å². The molecule has 0 aliphatic carbocycles. The highest BCUT2D eigenvalue weighted by Crippen LogP contribution is 2.35. The molecule has 0 aliphatic rings. The molecular weight excluding hydrogens is 532 g/mol. The Kier molecular flexibility index (Phi) is 8.63. The maximum Gasteiger partial charge on any atom is 0.323 e. The predicted molar refractivity (Wildman–Crippen MR) is 142 cm³/mol. The number of halogens is 2. The van der Waals surface area contributed by atoms with Crippen molar-refractivity contribution in [2.45, 2.75) is 13.0 Å². The van der Waals surface area contributed by atoms with E-state index in [1.807, 2.05) is 0 Å². The number of anilines is 2. The monoisotopic (exact) mass is 555 g/mol. The van der Waals surface area contributed by atoms with Crippen molar-refractivity contribution >= 4 is 50.8 Å². The van der Waals surface area contributed by atoms with E-state index in [0.29, 0.717) is 26.4 Å². The summed E-state index contributed by atoms with van der Waals surface area (Å²) in [4.78, 5) is 40.6. The van der Waals surface area contributed by atoms with E-state index in [4.69, 9.17) is 10.5 Å². The Morgan fingerprint density at radius 1 is 1.00 bits per heavy atom. The minimum absolute atomic E-state index is 0.0379. The summed E-state index contributed by atoms with van der Waals surface area (Å²) in [6, 6.07) is 10.2. The lowest BCUT2D eigenvalue weighted by atomic mass is 10.2. The van der Waals surface area contributed by atoms with Crippen LogP contribution in [0.1, 0.15) is 21.7 Å². The van der Waals surface area contributed by atoms with Gasteiger partial charge >= 0.3 is 12.0 Å². The number of ether oxygens (including phenoxy) is 2. The summed E-state index contributed by atoms with van der Waals surface area (Å²) in [7, 11) is 1.27. The second-order valence-electron chi connectivity index (χ2n) is 8.06. The number of esters is 1. The Bertz CT molecular complexity index is 1540. The van der Waals surface area contributed by atoms with E-state index in [9.17, 15) is 23.2 Å². The smallest absolute Gasteiger partial charge is 0.323 e. The van der Waals surface area contributed by atoms with Gasteiger partial charge in [-0.15, -0.1) is 11.3 Å². The fourth-order valence-corrected chi connectivity index (χ4v) is 4.41. The van der Waals surface area contributed by atoms with Gasteiger partial charge in [-0.1, -0.05) is 6.07 Å². The van der Waals surface area contributed by atoms with Crippen molar-refractivity contribution in [1.29, 1.82) is 0 Å². The van der Waals surface area contributed by atoms with E-state index in [1.165, 1.54) is 43.6 Å². The number of aromatic nitrogens is 1. The third kappa shape index (κ3) is 6.83. The predicted octanol–water partition coefficient (Wildman–Crippen LogP) is 4.76. The first-order valence-electron chi connectivity index (χ1n) is 11.5. The molecule has 0 bridgehead atoms. The molecule has 0 fully saturated rings. The van der Waals surface area contributed by atoms with Crippen LogP contribution in [0.4, 0.5) is 25.0 Å². The molecule has 0 saturated heterocycles. The molecule has 2 heterocycles. The molecule has 2 aromatic heterocycles. The standard InChI is InChI=1S/C26H23F2N5O5S/c1-37-23(34)7-9-31-25(35)22-12-20-24(39-22)21(6-8-30-20)38-15-3-5-18(17(28)11-15)32-26(36)33-19-10-14(13-29)2-4-16(19)27/h2-6,8,10-12H,7,9,13,29H2,1H3,(H,31,35)(H2,32,33,36). The van der Waals surface area contributed by atoms with E-state index >= 15 is 0 Å². The summed E-state index contributed by atoms with van der Waals surface area (Å²) < 4.78 is 39.7. The second kappa shape index (κ2) is 12.3. The van der Waals surface area contributed by atoms with Crippen LogP contribution in [0.5, 0.6) is 11.5 Å². The molecule has 2 aromatic carbocycles. The van der Waals surface area contributed by atoms with Crippen molar-refractivity contribution in [2.75, 3.05) is 24.3 Å². The zero-order valence-electron chi connectivity index (χ0n) is 20.5. The Morgan fingerprint density at radius 3 is 2.54 bits per heavy atom. The second-order valence-corrected chi connectivity index (χ2v) is 9.11. The van der Waals surface area contributed by atoms with Crippen molar-refractivity contribution in [2.24, 2.45) is 5.73 Å². The number of nitrogens with one attached hydrogen (secondary N) is 3. The average Bonchev–Trinajstić information content (AvgIpc) is 3.37. The van der Waals surface area contributed by atoms with Crippen molar-refractivity contribution < 1.29 is 32.6 Å². The maximum absolute atomic E-state index is 14.8. The van der Waals surface area contributed by atoms with Crippen LogP contribution in [0.15, 0.2) is 54.7 Å². The topological polar surface area (TPSA) is 145 Å². The molecule has 0 radical (unpaired) electrons. The van der Waals surface area contributed by atoms with E-state index in [-0.39, 0.29) is 42.5 Å². The molecular formula is C26H23F2N5O5S. The maximum atomic E-state index is 14.8. The average molecular weight is 556 g/mol. The normalized spacial score (nSPS) is 10.7. The van der Waals surface area contributed by atoms with Crippen LogP contribution < -0.4 is 26.4 Å². The summed E-state index contributed by atoms with van der Waals surface area (Å²) >= 11 is 1.12. The fourth-order valence-electron chi connectivity index (χ4n) is 3.43. The number of nitrogens with two attached hydrogens (primary N) is 1. The summed E-state index contributed by atoms with van der Waals surface area (Å²) in [5.74, 6) is -1.81. The summed E-state index contributed by atoms with van der Waals surface area (Å²) in [5, 5.41) is 7.29. The number of thiophene rings is 1. The molecule has 3 amide bonds. The van der Waals surface area contributed by atoms with Crippen LogP contribution in [0.2, 0.25) is 0 Å². The quantitative estimate of drug-likeness (QED) is 0.218. The lowest BCUT2D eigenvalue weighted by molar-refractivity contribution is -0.140. The van der Waals surface area contributed by atoms with Crippen molar-refractivity contribution in [3.63, 3.8) is 0 Å². The van der Waals surface area contributed by atoms with Gasteiger partial charge in [0.1, 0.15) is 23.1 Å². The van der Waals surface area contributed by atoms with Gasteiger partial charge in [0.25, 0.3) is 5.91 Å². The third-order valence-corrected chi connectivity index (χ3v) is 6.51. The van der Waals surface area contributed by atoms with Gasteiger partial charge in [-0.3, -0.25) is 14.6 Å². The molecule has 4 aromatic rings. The molecule has 202 valence electrons. The molecule has 0 saturated carbocycles. The molecule has 0 unspecified atom stereocenters. The third-order valence-electron chi connectivity index (χ3n) is 5.37. The van der Waals surface area contributed by atoms with Gasteiger partial charge in [0.2, 0.25) is 0 Å². The van der Waals surface area contributed by atoms with Gasteiger partial charge in [-0.05, 0) is 35.9 Å². The van der Waals surface area contributed by atoms with Gasteiger partial charge in [0.15, 0.2) is 0 Å². The number of hydrogen-bond acceptors (Lipinski definition) is 8. The Balaban J connectivity index is 1.43. The zero-order chi connectivity index (χ0) is 27.9. The molecule has 10 nitrogen and oxygen atoms in total. The zero-order valence-corrected chi connectivity index (χ0v) is 21.4. The van der Waals surface area contributed by atoms with E-state index in [2.05, 4.69) is 25.7 Å². The highest BCUT2D eigenvalue weighted by molar-refractivity contribution is 7.21. The number of hydrogen-bond donors (Lipinski definition) is 4. The van der Waals surface area contributed by atoms with E-state index in [1.54, 1.807) is 12.1 Å². The highest BCUT2D eigenvalue weighted by Gasteiger charge is 2.16. The number of nitrogens with zero attached hydrogens (tertiary/aromatic N) is 1. The van der Waals surface area contributed by atoms with Gasteiger partial charge in [0.05, 0.1) is 40.0 Å². The van der Waals surface area contributed by atoms with Crippen LogP contribution >= 0.6 is 11.3 Å².